The zero-order chi connectivity index (χ0) is 14.3. The van der Waals surface area contributed by atoms with Gasteiger partial charge in [0.25, 0.3) is 0 Å². The van der Waals surface area contributed by atoms with Gasteiger partial charge in [0.1, 0.15) is 0 Å². The predicted molar refractivity (Wildman–Crippen MR) is 76.9 cm³/mol. The first kappa shape index (κ1) is 13.0. The Bertz CT molecular complexity index is 681. The summed E-state index contributed by atoms with van der Waals surface area (Å²) < 4.78 is 6.92. The maximum Gasteiger partial charge on any atom is 0.414 e. The molecule has 3 rings (SSSR count). The van der Waals surface area contributed by atoms with Gasteiger partial charge in [-0.25, -0.2) is 4.79 Å². The minimum atomic E-state index is -0.356. The van der Waals surface area contributed by atoms with Crippen molar-refractivity contribution in [3.63, 3.8) is 0 Å². The van der Waals surface area contributed by atoms with Crippen LogP contribution in [0.5, 0.6) is 0 Å². The molecule has 1 aliphatic rings. The molecule has 0 aliphatic carbocycles. The van der Waals surface area contributed by atoms with Crippen molar-refractivity contribution in [1.82, 2.24) is 9.78 Å². The van der Waals surface area contributed by atoms with Gasteiger partial charge in [-0.2, -0.15) is 5.10 Å². The summed E-state index contributed by atoms with van der Waals surface area (Å²) in [6.07, 6.45) is 1.41. The number of anilines is 1. The molecule has 0 fully saturated rings. The van der Waals surface area contributed by atoms with E-state index in [1.165, 1.54) is 0 Å². The normalized spacial score (nSPS) is 12.8. The van der Waals surface area contributed by atoms with Gasteiger partial charge in [0.2, 0.25) is 0 Å². The van der Waals surface area contributed by atoms with E-state index in [0.29, 0.717) is 18.2 Å². The van der Waals surface area contributed by atoms with Crippen LogP contribution in [0, 0.1) is 0 Å². The largest absolute Gasteiger partial charge is 0.449 e. The quantitative estimate of drug-likeness (QED) is 0.810. The molecule has 1 aromatic heterocycles. The number of fused-ring (bicyclic) bond motifs is 3. The number of rotatable bonds is 1. The zero-order valence-electron chi connectivity index (χ0n) is 11.3. The number of hydrogen-bond donors (Lipinski definition) is 0. The number of carbonyl (C=O) groups excluding carboxylic acids is 1. The van der Waals surface area contributed by atoms with Gasteiger partial charge in [0, 0.05) is 23.2 Å². The van der Waals surface area contributed by atoms with Crippen LogP contribution in [0.25, 0.3) is 11.3 Å². The smallest absolute Gasteiger partial charge is 0.414 e. The SMILES string of the molecule is CCOC(=O)N1Cc2cnn(C)c2-c2cc(Cl)ccc21. The van der Waals surface area contributed by atoms with Crippen LogP contribution in [0.2, 0.25) is 5.02 Å². The van der Waals surface area contributed by atoms with E-state index in [0.717, 1.165) is 22.5 Å². The zero-order valence-corrected chi connectivity index (χ0v) is 12.0. The number of hydrogen-bond acceptors (Lipinski definition) is 3. The van der Waals surface area contributed by atoms with E-state index in [9.17, 15) is 4.79 Å². The van der Waals surface area contributed by atoms with Gasteiger partial charge in [-0.1, -0.05) is 11.6 Å². The van der Waals surface area contributed by atoms with Crippen LogP contribution in [-0.4, -0.2) is 22.5 Å². The Hall–Kier alpha value is -2.01. The molecule has 1 aliphatic heterocycles. The minimum absolute atomic E-state index is 0.345. The number of benzene rings is 1. The van der Waals surface area contributed by atoms with Crippen LogP contribution < -0.4 is 4.90 Å². The highest BCUT2D eigenvalue weighted by atomic mass is 35.5. The number of ether oxygens (including phenoxy) is 1. The van der Waals surface area contributed by atoms with Gasteiger partial charge in [-0.05, 0) is 25.1 Å². The van der Waals surface area contributed by atoms with Crippen molar-refractivity contribution in [2.45, 2.75) is 13.5 Å². The first-order valence-electron chi connectivity index (χ1n) is 6.37. The van der Waals surface area contributed by atoms with E-state index in [4.69, 9.17) is 16.3 Å². The molecule has 2 heterocycles. The first-order valence-corrected chi connectivity index (χ1v) is 6.74. The van der Waals surface area contributed by atoms with E-state index >= 15 is 0 Å². The molecule has 0 unspecified atom stereocenters. The monoisotopic (exact) mass is 291 g/mol. The fourth-order valence-corrected chi connectivity index (χ4v) is 2.67. The van der Waals surface area contributed by atoms with Crippen LogP contribution in [0.4, 0.5) is 10.5 Å². The van der Waals surface area contributed by atoms with Crippen molar-refractivity contribution in [2.24, 2.45) is 7.05 Å². The predicted octanol–water partition coefficient (Wildman–Crippen LogP) is 3.22. The third kappa shape index (κ3) is 1.94. The minimum Gasteiger partial charge on any atom is -0.449 e. The van der Waals surface area contributed by atoms with E-state index in [1.54, 1.807) is 28.8 Å². The van der Waals surface area contributed by atoms with Crippen molar-refractivity contribution in [2.75, 3.05) is 11.5 Å². The van der Waals surface area contributed by atoms with Crippen LogP contribution >= 0.6 is 11.6 Å². The molecule has 0 spiro atoms. The van der Waals surface area contributed by atoms with Gasteiger partial charge in [-0.15, -0.1) is 0 Å². The van der Waals surface area contributed by atoms with Crippen molar-refractivity contribution in [1.29, 1.82) is 0 Å². The maximum absolute atomic E-state index is 12.1. The number of aromatic nitrogens is 2. The highest BCUT2D eigenvalue weighted by molar-refractivity contribution is 6.31. The fourth-order valence-electron chi connectivity index (χ4n) is 2.50. The molecular formula is C14H14ClN3O2. The summed E-state index contributed by atoms with van der Waals surface area (Å²) in [5.74, 6) is 0. The van der Waals surface area contributed by atoms with Gasteiger partial charge in [-0.3, -0.25) is 9.58 Å². The Kier molecular flexibility index (Phi) is 3.14. The van der Waals surface area contributed by atoms with Crippen molar-refractivity contribution in [3.8, 4) is 11.3 Å². The average molecular weight is 292 g/mol. The molecule has 0 N–H and O–H groups in total. The molecular weight excluding hydrogens is 278 g/mol. The lowest BCUT2D eigenvalue weighted by molar-refractivity contribution is 0.159. The summed E-state index contributed by atoms with van der Waals surface area (Å²) in [6, 6.07) is 5.46. The highest BCUT2D eigenvalue weighted by Crippen LogP contribution is 2.40. The van der Waals surface area contributed by atoms with Crippen LogP contribution in [0.15, 0.2) is 24.4 Å². The summed E-state index contributed by atoms with van der Waals surface area (Å²) in [4.78, 5) is 13.7. The molecule has 104 valence electrons. The Morgan fingerprint density at radius 2 is 2.30 bits per heavy atom. The van der Waals surface area contributed by atoms with Gasteiger partial charge < -0.3 is 4.74 Å². The molecule has 0 saturated carbocycles. The van der Waals surface area contributed by atoms with Gasteiger partial charge in [0.15, 0.2) is 0 Å². The Labute approximate surface area is 121 Å². The standard InChI is InChI=1S/C14H14ClN3O2/c1-3-20-14(19)18-8-9-7-16-17(2)13(9)11-6-10(15)4-5-12(11)18/h4-7H,3,8H2,1-2H3. The highest BCUT2D eigenvalue weighted by Gasteiger charge is 2.29. The number of carbonyl (C=O) groups is 1. The Balaban J connectivity index is 2.16. The molecule has 20 heavy (non-hydrogen) atoms. The second-order valence-electron chi connectivity index (χ2n) is 4.59. The topological polar surface area (TPSA) is 47.4 Å². The Morgan fingerprint density at radius 1 is 1.50 bits per heavy atom. The molecule has 1 aromatic carbocycles. The van der Waals surface area contributed by atoms with E-state index in [2.05, 4.69) is 5.10 Å². The van der Waals surface area contributed by atoms with E-state index in [-0.39, 0.29) is 6.09 Å². The lowest BCUT2D eigenvalue weighted by Gasteiger charge is -2.29. The molecule has 0 atom stereocenters. The van der Waals surface area contributed by atoms with Gasteiger partial charge in [0.05, 0.1) is 30.7 Å². The van der Waals surface area contributed by atoms with Crippen LogP contribution in [0.3, 0.4) is 0 Å². The number of amides is 1. The summed E-state index contributed by atoms with van der Waals surface area (Å²) in [6.45, 7) is 2.59. The Morgan fingerprint density at radius 3 is 3.05 bits per heavy atom. The van der Waals surface area contributed by atoms with E-state index < -0.39 is 0 Å². The summed E-state index contributed by atoms with van der Waals surface area (Å²) in [5, 5.41) is 4.89. The molecule has 2 aromatic rings. The molecule has 5 nitrogen and oxygen atoms in total. The average Bonchev–Trinajstić information content (AvgIpc) is 2.79. The first-order chi connectivity index (χ1) is 9.61. The summed E-state index contributed by atoms with van der Waals surface area (Å²) >= 11 is 6.09. The number of aryl methyl sites for hydroxylation is 1. The lowest BCUT2D eigenvalue weighted by atomic mass is 10.0. The van der Waals surface area contributed by atoms with Crippen molar-refractivity contribution < 1.29 is 9.53 Å². The molecule has 0 radical (unpaired) electrons. The van der Waals surface area contributed by atoms with Crippen LogP contribution in [0.1, 0.15) is 12.5 Å². The van der Waals surface area contributed by atoms with Crippen molar-refractivity contribution in [3.05, 3.63) is 35.0 Å². The molecule has 0 bridgehead atoms. The third-order valence-corrected chi connectivity index (χ3v) is 3.57. The number of halogens is 1. The fraction of sp³-hybridized carbons (Fsp3) is 0.286. The second-order valence-corrected chi connectivity index (χ2v) is 5.02. The van der Waals surface area contributed by atoms with E-state index in [1.807, 2.05) is 19.2 Å². The van der Waals surface area contributed by atoms with Gasteiger partial charge >= 0.3 is 6.09 Å². The number of nitrogens with zero attached hydrogens (tertiary/aromatic N) is 3. The summed E-state index contributed by atoms with van der Waals surface area (Å²) in [7, 11) is 1.88. The molecule has 6 heteroatoms. The molecule has 0 saturated heterocycles. The second kappa shape index (κ2) is 4.83. The molecule has 1 amide bonds. The third-order valence-electron chi connectivity index (χ3n) is 3.34. The van der Waals surface area contributed by atoms with Crippen LogP contribution in [-0.2, 0) is 18.3 Å². The summed E-state index contributed by atoms with van der Waals surface area (Å²) in [5.41, 5.74) is 3.66. The van der Waals surface area contributed by atoms with Crippen molar-refractivity contribution >= 4 is 23.4 Å². The lowest BCUT2D eigenvalue weighted by Crippen LogP contribution is -2.33. The maximum atomic E-state index is 12.1.